The molecule has 1 aliphatic heterocycles. The highest BCUT2D eigenvalue weighted by Gasteiger charge is 2.19. The second-order valence-electron chi connectivity index (χ2n) is 7.51. The lowest BCUT2D eigenvalue weighted by Gasteiger charge is -2.26. The summed E-state index contributed by atoms with van der Waals surface area (Å²) >= 11 is 1.37. The number of ether oxygens (including phenoxy) is 1. The number of nitrogens with one attached hydrogen (secondary N) is 2. The maximum atomic E-state index is 13.4. The van der Waals surface area contributed by atoms with Crippen LogP contribution in [0.15, 0.2) is 30.6 Å². The number of fused-ring (bicyclic) bond motifs is 1. The van der Waals surface area contributed by atoms with Gasteiger partial charge in [0.05, 0.1) is 23.5 Å². The van der Waals surface area contributed by atoms with Gasteiger partial charge in [-0.2, -0.15) is 0 Å². The minimum Gasteiger partial charge on any atom is -0.379 e. The number of aryl methyl sites for hydroxylation is 1. The van der Waals surface area contributed by atoms with Gasteiger partial charge >= 0.3 is 0 Å². The molecule has 0 bridgehead atoms. The Labute approximate surface area is 184 Å². The summed E-state index contributed by atoms with van der Waals surface area (Å²) in [5, 5.41) is 7.12. The lowest BCUT2D eigenvalue weighted by Crippen LogP contribution is -2.38. The Bertz CT molecular complexity index is 1050. The number of hydrogen-bond acceptors (Lipinski definition) is 7. The van der Waals surface area contributed by atoms with Crippen LogP contribution in [-0.2, 0) is 11.3 Å². The molecular formula is C22H26FN5O2S. The van der Waals surface area contributed by atoms with Crippen LogP contribution in [0.2, 0.25) is 0 Å². The molecule has 1 aliphatic rings. The zero-order valence-corrected chi connectivity index (χ0v) is 18.3. The minimum absolute atomic E-state index is 0.0847. The molecule has 1 fully saturated rings. The average Bonchev–Trinajstić information content (AvgIpc) is 3.13. The van der Waals surface area contributed by atoms with Crippen molar-refractivity contribution in [3.05, 3.63) is 52.4 Å². The van der Waals surface area contributed by atoms with Gasteiger partial charge in [0.2, 0.25) is 0 Å². The Kier molecular flexibility index (Phi) is 7.06. The van der Waals surface area contributed by atoms with E-state index in [0.29, 0.717) is 23.8 Å². The molecule has 9 heteroatoms. The number of halogens is 1. The summed E-state index contributed by atoms with van der Waals surface area (Å²) in [4.78, 5) is 25.2. The van der Waals surface area contributed by atoms with E-state index in [4.69, 9.17) is 4.74 Å². The van der Waals surface area contributed by atoms with Crippen LogP contribution in [-0.4, -0.2) is 60.2 Å². The summed E-state index contributed by atoms with van der Waals surface area (Å²) < 4.78 is 18.8. The molecule has 0 radical (unpaired) electrons. The van der Waals surface area contributed by atoms with Crippen molar-refractivity contribution in [2.24, 2.45) is 0 Å². The molecule has 1 aromatic carbocycles. The van der Waals surface area contributed by atoms with Crippen molar-refractivity contribution in [1.82, 2.24) is 20.2 Å². The van der Waals surface area contributed by atoms with E-state index >= 15 is 0 Å². The van der Waals surface area contributed by atoms with Crippen molar-refractivity contribution in [2.75, 3.05) is 44.7 Å². The molecule has 7 nitrogen and oxygen atoms in total. The van der Waals surface area contributed by atoms with Crippen molar-refractivity contribution in [3.8, 4) is 0 Å². The number of hydrogen-bond donors (Lipinski definition) is 2. The van der Waals surface area contributed by atoms with Crippen molar-refractivity contribution < 1.29 is 13.9 Å². The summed E-state index contributed by atoms with van der Waals surface area (Å²) in [6.07, 6.45) is 2.38. The van der Waals surface area contributed by atoms with E-state index in [1.165, 1.54) is 29.8 Å². The number of nitrogens with zero attached hydrogens (tertiary/aromatic N) is 3. The molecule has 3 heterocycles. The number of morpholine rings is 1. The molecule has 2 aromatic heterocycles. The normalized spacial score (nSPS) is 14.6. The van der Waals surface area contributed by atoms with E-state index in [2.05, 4.69) is 25.5 Å². The van der Waals surface area contributed by atoms with Gasteiger partial charge in [-0.25, -0.2) is 14.4 Å². The van der Waals surface area contributed by atoms with Crippen molar-refractivity contribution in [3.63, 3.8) is 0 Å². The van der Waals surface area contributed by atoms with Crippen molar-refractivity contribution in [2.45, 2.75) is 19.9 Å². The zero-order chi connectivity index (χ0) is 21.6. The fourth-order valence-electron chi connectivity index (χ4n) is 3.66. The first-order valence-electron chi connectivity index (χ1n) is 10.4. The van der Waals surface area contributed by atoms with E-state index in [1.54, 1.807) is 6.07 Å². The van der Waals surface area contributed by atoms with E-state index < -0.39 is 0 Å². The van der Waals surface area contributed by atoms with Gasteiger partial charge in [-0.3, -0.25) is 9.69 Å². The molecule has 1 saturated heterocycles. The number of carbonyl (C=O) groups excluding carboxylic acids is 1. The van der Waals surface area contributed by atoms with Gasteiger partial charge in [0.1, 0.15) is 22.8 Å². The van der Waals surface area contributed by atoms with Gasteiger partial charge in [0.25, 0.3) is 5.91 Å². The maximum Gasteiger partial charge on any atom is 0.261 e. The van der Waals surface area contributed by atoms with E-state index in [-0.39, 0.29) is 11.7 Å². The van der Waals surface area contributed by atoms with Gasteiger partial charge in [-0.15, -0.1) is 11.3 Å². The first-order valence-corrected chi connectivity index (χ1v) is 11.2. The number of amides is 1. The van der Waals surface area contributed by atoms with Gasteiger partial charge in [0.15, 0.2) is 0 Å². The summed E-state index contributed by atoms with van der Waals surface area (Å²) in [5.74, 6) is 0.291. The molecule has 0 aliphatic carbocycles. The second-order valence-corrected chi connectivity index (χ2v) is 8.50. The third-order valence-electron chi connectivity index (χ3n) is 5.32. The Morgan fingerprint density at radius 2 is 2.13 bits per heavy atom. The molecular weight excluding hydrogens is 417 g/mol. The second kappa shape index (κ2) is 10.1. The van der Waals surface area contributed by atoms with E-state index in [9.17, 15) is 9.18 Å². The fourth-order valence-corrected chi connectivity index (χ4v) is 4.73. The molecule has 1 amide bonds. The van der Waals surface area contributed by atoms with E-state index in [1.807, 2.05) is 13.0 Å². The number of carbonyl (C=O) groups is 1. The molecule has 0 atom stereocenters. The molecule has 31 heavy (non-hydrogen) atoms. The SMILES string of the molecule is Cc1c(C(=O)NCCCN2CCOCC2)sc2ncnc(NCc3cccc(F)c3)c12. The standard InChI is InChI=1S/C22H26FN5O2S/c1-15-18-20(25-13-16-4-2-5-17(23)12-16)26-14-27-22(18)31-19(15)21(29)24-6-3-7-28-8-10-30-11-9-28/h2,4-5,12,14H,3,6-11,13H2,1H3,(H,24,29)(H,25,26,27). The number of rotatable bonds is 8. The van der Waals surface area contributed by atoms with Gasteiger partial charge in [-0.1, -0.05) is 12.1 Å². The number of anilines is 1. The van der Waals surface area contributed by atoms with Crippen LogP contribution < -0.4 is 10.6 Å². The fraction of sp³-hybridized carbons (Fsp3) is 0.409. The highest BCUT2D eigenvalue weighted by molar-refractivity contribution is 7.20. The summed E-state index contributed by atoms with van der Waals surface area (Å²) in [5.41, 5.74) is 1.67. The molecule has 0 saturated carbocycles. The number of aromatic nitrogens is 2. The summed E-state index contributed by atoms with van der Waals surface area (Å²) in [6.45, 7) is 7.39. The first kappa shape index (κ1) is 21.6. The largest absolute Gasteiger partial charge is 0.379 e. The van der Waals surface area contributed by atoms with Crippen molar-refractivity contribution >= 4 is 33.3 Å². The Morgan fingerprint density at radius 1 is 1.29 bits per heavy atom. The van der Waals surface area contributed by atoms with Crippen LogP contribution in [0.25, 0.3) is 10.2 Å². The first-order chi connectivity index (χ1) is 15.1. The third kappa shape index (κ3) is 5.36. The molecule has 3 aromatic rings. The van der Waals surface area contributed by atoms with Crippen LogP contribution >= 0.6 is 11.3 Å². The lowest BCUT2D eigenvalue weighted by molar-refractivity contribution is 0.0374. The summed E-state index contributed by atoms with van der Waals surface area (Å²) in [7, 11) is 0. The number of thiophene rings is 1. The third-order valence-corrected chi connectivity index (χ3v) is 6.52. The monoisotopic (exact) mass is 443 g/mol. The predicted octanol–water partition coefficient (Wildman–Crippen LogP) is 3.20. The molecule has 0 spiro atoms. The van der Waals surface area contributed by atoms with Crippen LogP contribution in [0, 0.1) is 12.7 Å². The van der Waals surface area contributed by atoms with Gasteiger partial charge in [-0.05, 0) is 43.1 Å². The lowest BCUT2D eigenvalue weighted by atomic mass is 10.2. The van der Waals surface area contributed by atoms with Crippen molar-refractivity contribution in [1.29, 1.82) is 0 Å². The molecule has 0 unspecified atom stereocenters. The topological polar surface area (TPSA) is 79.4 Å². The molecule has 4 rings (SSSR count). The Hall–Kier alpha value is -2.62. The zero-order valence-electron chi connectivity index (χ0n) is 17.5. The molecule has 164 valence electrons. The Balaban J connectivity index is 1.39. The summed E-state index contributed by atoms with van der Waals surface area (Å²) in [6, 6.07) is 6.44. The van der Waals surface area contributed by atoms with E-state index in [0.717, 1.165) is 60.6 Å². The maximum absolute atomic E-state index is 13.4. The van der Waals surface area contributed by atoms with Crippen LogP contribution in [0.5, 0.6) is 0 Å². The van der Waals surface area contributed by atoms with Crippen LogP contribution in [0.3, 0.4) is 0 Å². The van der Waals surface area contributed by atoms with Crippen LogP contribution in [0.1, 0.15) is 27.2 Å². The molecule has 2 N–H and O–H groups in total. The van der Waals surface area contributed by atoms with Gasteiger partial charge in [0, 0.05) is 26.2 Å². The minimum atomic E-state index is -0.272. The highest BCUT2D eigenvalue weighted by atomic mass is 32.1. The predicted molar refractivity (Wildman–Crippen MR) is 120 cm³/mol. The van der Waals surface area contributed by atoms with Gasteiger partial charge < -0.3 is 15.4 Å². The average molecular weight is 444 g/mol. The highest BCUT2D eigenvalue weighted by Crippen LogP contribution is 2.33. The number of benzene rings is 1. The smallest absolute Gasteiger partial charge is 0.261 e. The quantitative estimate of drug-likeness (QED) is 0.521. The van der Waals surface area contributed by atoms with Crippen LogP contribution in [0.4, 0.5) is 10.2 Å². The Morgan fingerprint density at radius 3 is 2.94 bits per heavy atom.